The third-order valence-corrected chi connectivity index (χ3v) is 6.50. The maximum absolute atomic E-state index is 13.5. The van der Waals surface area contributed by atoms with E-state index in [1.807, 2.05) is 30.3 Å². The second-order valence-corrected chi connectivity index (χ2v) is 8.74. The molecule has 0 radical (unpaired) electrons. The Labute approximate surface area is 193 Å². The molecule has 3 heterocycles. The van der Waals surface area contributed by atoms with Crippen LogP contribution < -0.4 is 10.6 Å². The molecule has 3 amide bonds. The van der Waals surface area contributed by atoms with Gasteiger partial charge in [-0.1, -0.05) is 18.2 Å². The van der Waals surface area contributed by atoms with Gasteiger partial charge in [0.25, 0.3) is 0 Å². The van der Waals surface area contributed by atoms with Crippen molar-refractivity contribution in [2.75, 3.05) is 39.3 Å². The van der Waals surface area contributed by atoms with Gasteiger partial charge in [-0.25, -0.2) is 4.98 Å². The van der Waals surface area contributed by atoms with Crippen molar-refractivity contribution >= 4 is 17.7 Å². The molecule has 2 aliphatic heterocycles. The third-order valence-electron chi connectivity index (χ3n) is 6.50. The van der Waals surface area contributed by atoms with Crippen LogP contribution in [-0.4, -0.2) is 77.3 Å². The van der Waals surface area contributed by atoms with Gasteiger partial charge in [0.2, 0.25) is 23.6 Å². The van der Waals surface area contributed by atoms with E-state index in [4.69, 9.17) is 4.42 Å². The van der Waals surface area contributed by atoms with Gasteiger partial charge < -0.3 is 24.9 Å². The van der Waals surface area contributed by atoms with Crippen molar-refractivity contribution in [3.05, 3.63) is 41.8 Å². The molecule has 0 atom stereocenters. The van der Waals surface area contributed by atoms with Gasteiger partial charge in [0.05, 0.1) is 12.1 Å². The molecule has 4 rings (SSSR count). The van der Waals surface area contributed by atoms with Gasteiger partial charge >= 0.3 is 0 Å². The summed E-state index contributed by atoms with van der Waals surface area (Å²) >= 11 is 0. The number of hydrogen-bond donors (Lipinski definition) is 2. The van der Waals surface area contributed by atoms with Crippen molar-refractivity contribution in [1.82, 2.24) is 25.4 Å². The minimum absolute atomic E-state index is 0.0184. The average molecular weight is 454 g/mol. The topological polar surface area (TPSA) is 108 Å². The molecule has 2 fully saturated rings. The van der Waals surface area contributed by atoms with Crippen LogP contribution in [0.15, 0.2) is 34.7 Å². The molecule has 33 heavy (non-hydrogen) atoms. The summed E-state index contributed by atoms with van der Waals surface area (Å²) in [6.07, 6.45) is 1.10. The molecule has 2 aromatic rings. The zero-order valence-electron chi connectivity index (χ0n) is 19.2. The lowest BCUT2D eigenvalue weighted by Gasteiger charge is -2.43. The summed E-state index contributed by atoms with van der Waals surface area (Å²) in [6, 6.07) is 9.55. The Kier molecular flexibility index (Phi) is 6.78. The van der Waals surface area contributed by atoms with E-state index < -0.39 is 5.54 Å². The minimum Gasteiger partial charge on any atom is -0.441 e. The highest BCUT2D eigenvalue weighted by atomic mass is 16.4. The maximum Gasteiger partial charge on any atom is 0.248 e. The first kappa shape index (κ1) is 23.0. The molecule has 2 aliphatic rings. The highest BCUT2D eigenvalue weighted by molar-refractivity contribution is 5.92. The molecule has 0 bridgehead atoms. The van der Waals surface area contributed by atoms with Crippen molar-refractivity contribution in [2.45, 2.75) is 38.6 Å². The molecule has 2 saturated heterocycles. The van der Waals surface area contributed by atoms with Crippen LogP contribution in [0.2, 0.25) is 0 Å². The van der Waals surface area contributed by atoms with E-state index in [0.29, 0.717) is 69.5 Å². The summed E-state index contributed by atoms with van der Waals surface area (Å²) in [4.78, 5) is 46.3. The van der Waals surface area contributed by atoms with Gasteiger partial charge in [-0.2, -0.15) is 0 Å². The fraction of sp³-hybridized carbons (Fsp3) is 0.500. The number of benzene rings is 1. The Bertz CT molecular complexity index is 1010. The van der Waals surface area contributed by atoms with E-state index in [1.165, 1.54) is 0 Å². The lowest BCUT2D eigenvalue weighted by Crippen LogP contribution is -2.65. The standard InChI is InChI=1S/C24H31N5O4/c1-17-20(26-22(33-17)19-6-4-3-5-7-19)16-21(31)27-24(8-10-25-11-9-24)23(32)29-14-12-28(13-15-29)18(2)30/h3-7,25H,8-16H2,1-2H3,(H,27,31). The van der Waals surface area contributed by atoms with Crippen molar-refractivity contribution in [3.63, 3.8) is 0 Å². The van der Waals surface area contributed by atoms with Crippen molar-refractivity contribution in [2.24, 2.45) is 0 Å². The number of carbonyl (C=O) groups excluding carboxylic acids is 3. The number of nitrogens with zero attached hydrogens (tertiary/aromatic N) is 3. The summed E-state index contributed by atoms with van der Waals surface area (Å²) in [6.45, 7) is 6.64. The smallest absolute Gasteiger partial charge is 0.248 e. The Morgan fingerprint density at radius 2 is 1.70 bits per heavy atom. The van der Waals surface area contributed by atoms with Gasteiger partial charge in [-0.15, -0.1) is 0 Å². The Morgan fingerprint density at radius 3 is 2.33 bits per heavy atom. The molecule has 0 unspecified atom stereocenters. The van der Waals surface area contributed by atoms with Crippen LogP contribution in [0.25, 0.3) is 11.5 Å². The first-order valence-electron chi connectivity index (χ1n) is 11.5. The van der Waals surface area contributed by atoms with E-state index in [-0.39, 0.29) is 24.1 Å². The highest BCUT2D eigenvalue weighted by Crippen LogP contribution is 2.25. The fourth-order valence-corrected chi connectivity index (χ4v) is 4.53. The first-order chi connectivity index (χ1) is 15.9. The van der Waals surface area contributed by atoms with Crippen molar-refractivity contribution < 1.29 is 18.8 Å². The number of hydrogen-bond acceptors (Lipinski definition) is 6. The molecule has 0 aliphatic carbocycles. The molecule has 2 N–H and O–H groups in total. The third kappa shape index (κ3) is 5.08. The van der Waals surface area contributed by atoms with Crippen molar-refractivity contribution in [3.8, 4) is 11.5 Å². The zero-order chi connectivity index (χ0) is 23.4. The Hall–Kier alpha value is -3.20. The second-order valence-electron chi connectivity index (χ2n) is 8.74. The molecule has 9 heteroatoms. The largest absolute Gasteiger partial charge is 0.441 e. The number of amides is 3. The SMILES string of the molecule is CC(=O)N1CCN(C(=O)C2(NC(=O)Cc3nc(-c4ccccc4)oc3C)CCNCC2)CC1. The Balaban J connectivity index is 1.45. The molecule has 1 aromatic heterocycles. The number of oxazole rings is 1. The lowest BCUT2D eigenvalue weighted by molar-refractivity contribution is -0.146. The van der Waals surface area contributed by atoms with Crippen LogP contribution in [0.4, 0.5) is 0 Å². The minimum atomic E-state index is -0.944. The maximum atomic E-state index is 13.5. The molecule has 176 valence electrons. The lowest BCUT2D eigenvalue weighted by atomic mass is 9.86. The van der Waals surface area contributed by atoms with Crippen LogP contribution in [0.5, 0.6) is 0 Å². The van der Waals surface area contributed by atoms with Gasteiger partial charge in [0.15, 0.2) is 0 Å². The molecule has 1 aromatic carbocycles. The van der Waals surface area contributed by atoms with E-state index >= 15 is 0 Å². The van der Waals surface area contributed by atoms with Crippen LogP contribution in [0.1, 0.15) is 31.2 Å². The molecular weight excluding hydrogens is 422 g/mol. The summed E-state index contributed by atoms with van der Waals surface area (Å²) in [5.74, 6) is 0.776. The quantitative estimate of drug-likeness (QED) is 0.703. The predicted molar refractivity (Wildman–Crippen MR) is 122 cm³/mol. The fourth-order valence-electron chi connectivity index (χ4n) is 4.53. The Morgan fingerprint density at radius 1 is 1.06 bits per heavy atom. The van der Waals surface area contributed by atoms with Crippen LogP contribution in [-0.2, 0) is 20.8 Å². The van der Waals surface area contributed by atoms with Crippen LogP contribution in [0.3, 0.4) is 0 Å². The molecule has 0 saturated carbocycles. The number of aryl methyl sites for hydroxylation is 1. The van der Waals surface area contributed by atoms with E-state index in [2.05, 4.69) is 15.6 Å². The van der Waals surface area contributed by atoms with Gasteiger partial charge in [0.1, 0.15) is 11.3 Å². The number of rotatable bonds is 5. The molecule has 9 nitrogen and oxygen atoms in total. The summed E-state index contributed by atoms with van der Waals surface area (Å²) in [5.41, 5.74) is 0.473. The molecular formula is C24H31N5O4. The van der Waals surface area contributed by atoms with Crippen LogP contribution >= 0.6 is 0 Å². The van der Waals surface area contributed by atoms with Gasteiger partial charge in [-0.05, 0) is 45.0 Å². The summed E-state index contributed by atoms with van der Waals surface area (Å²) in [5, 5.41) is 6.33. The number of carbonyl (C=O) groups is 3. The van der Waals surface area contributed by atoms with Gasteiger partial charge in [-0.3, -0.25) is 14.4 Å². The second kappa shape index (κ2) is 9.74. The number of aromatic nitrogens is 1. The van der Waals surface area contributed by atoms with Gasteiger partial charge in [0, 0.05) is 38.7 Å². The predicted octanol–water partition coefficient (Wildman–Crippen LogP) is 1.12. The number of piperidine rings is 1. The zero-order valence-corrected chi connectivity index (χ0v) is 19.2. The number of piperazine rings is 1. The number of nitrogens with one attached hydrogen (secondary N) is 2. The monoisotopic (exact) mass is 453 g/mol. The molecule has 0 spiro atoms. The van der Waals surface area contributed by atoms with E-state index in [0.717, 1.165) is 5.56 Å². The van der Waals surface area contributed by atoms with E-state index in [1.54, 1.807) is 23.6 Å². The summed E-state index contributed by atoms with van der Waals surface area (Å²) < 4.78 is 5.78. The van der Waals surface area contributed by atoms with Crippen LogP contribution in [0, 0.1) is 6.92 Å². The normalized spacial score (nSPS) is 18.1. The van der Waals surface area contributed by atoms with E-state index in [9.17, 15) is 14.4 Å². The summed E-state index contributed by atoms with van der Waals surface area (Å²) in [7, 11) is 0. The highest BCUT2D eigenvalue weighted by Gasteiger charge is 2.44. The average Bonchev–Trinajstić information content (AvgIpc) is 3.19. The van der Waals surface area contributed by atoms with Crippen molar-refractivity contribution in [1.29, 1.82) is 0 Å². The first-order valence-corrected chi connectivity index (χ1v) is 11.5.